The molecule has 31 heavy (non-hydrogen) atoms. The fraction of sp³-hybridized carbons (Fsp3) is 0.435. The van der Waals surface area contributed by atoms with Crippen molar-refractivity contribution in [2.24, 2.45) is 0 Å². The molecular formula is C23H29NO7. The van der Waals surface area contributed by atoms with Crippen molar-refractivity contribution in [3.63, 3.8) is 0 Å². The predicted molar refractivity (Wildman–Crippen MR) is 114 cm³/mol. The smallest absolute Gasteiger partial charge is 0.251 e. The molecule has 2 aromatic carbocycles. The van der Waals surface area contributed by atoms with Gasteiger partial charge in [-0.1, -0.05) is 30.3 Å². The number of hydrogen-bond donors (Lipinski definition) is 5. The first kappa shape index (κ1) is 23.3. The fourth-order valence-electron chi connectivity index (χ4n) is 3.98. The SMILES string of the molecule is CNC(=O)c1cccc(-c2ccc([C@@H](OC)[C@H]3OC(CO)[C@@H](O)C(O)C3O)c(C)c2)c1. The third-order valence-corrected chi connectivity index (χ3v) is 5.74. The summed E-state index contributed by atoms with van der Waals surface area (Å²) in [7, 11) is 3.05. The minimum absolute atomic E-state index is 0.169. The zero-order valence-corrected chi connectivity index (χ0v) is 17.7. The van der Waals surface area contributed by atoms with Crippen LogP contribution in [-0.2, 0) is 9.47 Å². The van der Waals surface area contributed by atoms with Crippen LogP contribution in [0.3, 0.4) is 0 Å². The Hall–Kier alpha value is -2.33. The van der Waals surface area contributed by atoms with E-state index in [-0.39, 0.29) is 5.91 Å². The zero-order valence-electron chi connectivity index (χ0n) is 17.7. The molecule has 1 aliphatic heterocycles. The van der Waals surface area contributed by atoms with E-state index in [9.17, 15) is 25.2 Å². The monoisotopic (exact) mass is 431 g/mol. The Morgan fingerprint density at radius 3 is 2.42 bits per heavy atom. The Balaban J connectivity index is 1.92. The highest BCUT2D eigenvalue weighted by molar-refractivity contribution is 5.95. The predicted octanol–water partition coefficient (Wildman–Crippen LogP) is 0.552. The highest BCUT2D eigenvalue weighted by Crippen LogP contribution is 2.35. The maximum atomic E-state index is 11.9. The van der Waals surface area contributed by atoms with Crippen LogP contribution < -0.4 is 5.32 Å². The van der Waals surface area contributed by atoms with E-state index in [0.717, 1.165) is 22.3 Å². The van der Waals surface area contributed by atoms with Gasteiger partial charge in [-0.25, -0.2) is 0 Å². The van der Waals surface area contributed by atoms with Crippen molar-refractivity contribution in [1.29, 1.82) is 0 Å². The van der Waals surface area contributed by atoms with Crippen molar-refractivity contribution in [1.82, 2.24) is 5.32 Å². The number of rotatable bonds is 6. The van der Waals surface area contributed by atoms with Crippen molar-refractivity contribution < 1.29 is 34.7 Å². The van der Waals surface area contributed by atoms with Gasteiger partial charge in [-0.3, -0.25) is 4.79 Å². The third-order valence-electron chi connectivity index (χ3n) is 5.74. The van der Waals surface area contributed by atoms with E-state index in [0.29, 0.717) is 5.56 Å². The van der Waals surface area contributed by atoms with Gasteiger partial charge in [0.1, 0.15) is 36.6 Å². The molecule has 1 heterocycles. The highest BCUT2D eigenvalue weighted by Gasteiger charge is 2.47. The number of amides is 1. The second-order valence-corrected chi connectivity index (χ2v) is 7.68. The Morgan fingerprint density at radius 2 is 1.81 bits per heavy atom. The van der Waals surface area contributed by atoms with E-state index in [2.05, 4.69) is 5.32 Å². The molecule has 2 aromatic rings. The van der Waals surface area contributed by atoms with Gasteiger partial charge in [0.15, 0.2) is 0 Å². The fourth-order valence-corrected chi connectivity index (χ4v) is 3.98. The molecular weight excluding hydrogens is 402 g/mol. The number of ether oxygens (including phenoxy) is 2. The number of nitrogens with one attached hydrogen (secondary N) is 1. The summed E-state index contributed by atoms with van der Waals surface area (Å²) in [5, 5.41) is 42.7. The molecule has 8 heteroatoms. The Kier molecular flexibility index (Phi) is 7.42. The van der Waals surface area contributed by atoms with Crippen molar-refractivity contribution in [2.45, 2.75) is 43.5 Å². The van der Waals surface area contributed by atoms with Crippen molar-refractivity contribution in [3.05, 3.63) is 59.2 Å². The van der Waals surface area contributed by atoms with Crippen LogP contribution in [0.2, 0.25) is 0 Å². The number of aryl methyl sites for hydroxylation is 1. The quantitative estimate of drug-likeness (QED) is 0.452. The maximum Gasteiger partial charge on any atom is 0.251 e. The van der Waals surface area contributed by atoms with Crippen LogP contribution >= 0.6 is 0 Å². The normalized spacial score (nSPS) is 27.0. The summed E-state index contributed by atoms with van der Waals surface area (Å²) in [5.74, 6) is -0.169. The van der Waals surface area contributed by atoms with Gasteiger partial charge in [-0.15, -0.1) is 0 Å². The Bertz CT molecular complexity index is 917. The van der Waals surface area contributed by atoms with E-state index < -0.39 is 43.2 Å². The molecule has 3 rings (SSSR count). The molecule has 3 unspecified atom stereocenters. The van der Waals surface area contributed by atoms with Gasteiger partial charge in [0, 0.05) is 19.7 Å². The highest BCUT2D eigenvalue weighted by atomic mass is 16.6. The number of benzene rings is 2. The number of carbonyl (C=O) groups excluding carboxylic acids is 1. The molecule has 0 aliphatic carbocycles. The Morgan fingerprint density at radius 1 is 1.10 bits per heavy atom. The maximum absolute atomic E-state index is 11.9. The molecule has 1 amide bonds. The lowest BCUT2D eigenvalue weighted by Gasteiger charge is -2.43. The Labute approximate surface area is 181 Å². The molecule has 5 N–H and O–H groups in total. The zero-order chi connectivity index (χ0) is 22.7. The lowest BCUT2D eigenvalue weighted by atomic mass is 9.87. The van der Waals surface area contributed by atoms with Crippen LogP contribution in [0.25, 0.3) is 11.1 Å². The van der Waals surface area contributed by atoms with E-state index in [1.54, 1.807) is 19.2 Å². The molecule has 168 valence electrons. The number of hydrogen-bond acceptors (Lipinski definition) is 7. The van der Waals surface area contributed by atoms with E-state index >= 15 is 0 Å². The van der Waals surface area contributed by atoms with Gasteiger partial charge in [0.25, 0.3) is 5.91 Å². The lowest BCUT2D eigenvalue weighted by Crippen LogP contribution is -2.60. The van der Waals surface area contributed by atoms with Gasteiger partial charge in [0.05, 0.1) is 6.61 Å². The lowest BCUT2D eigenvalue weighted by molar-refractivity contribution is -0.253. The molecule has 8 nitrogen and oxygen atoms in total. The summed E-state index contributed by atoms with van der Waals surface area (Å²) < 4.78 is 11.3. The van der Waals surface area contributed by atoms with Crippen molar-refractivity contribution in [3.8, 4) is 11.1 Å². The molecule has 1 fully saturated rings. The topological polar surface area (TPSA) is 128 Å². The minimum atomic E-state index is -1.47. The summed E-state index contributed by atoms with van der Waals surface area (Å²) >= 11 is 0. The molecule has 0 spiro atoms. The van der Waals surface area contributed by atoms with Gasteiger partial charge in [0.2, 0.25) is 0 Å². The minimum Gasteiger partial charge on any atom is -0.394 e. The van der Waals surface area contributed by atoms with Crippen molar-refractivity contribution >= 4 is 5.91 Å². The molecule has 0 saturated carbocycles. The number of methoxy groups -OCH3 is 1. The van der Waals surface area contributed by atoms with Crippen LogP contribution in [0.5, 0.6) is 0 Å². The van der Waals surface area contributed by atoms with E-state index in [4.69, 9.17) is 9.47 Å². The molecule has 1 saturated heterocycles. The summed E-state index contributed by atoms with van der Waals surface area (Å²) in [6.07, 6.45) is -7.02. The summed E-state index contributed by atoms with van der Waals surface area (Å²) in [5.41, 5.74) is 3.91. The average molecular weight is 431 g/mol. The van der Waals surface area contributed by atoms with Crippen LogP contribution in [0.4, 0.5) is 0 Å². The third kappa shape index (κ3) is 4.64. The second kappa shape index (κ2) is 9.86. The van der Waals surface area contributed by atoms with E-state index in [1.165, 1.54) is 7.11 Å². The summed E-state index contributed by atoms with van der Waals surface area (Å²) in [4.78, 5) is 11.9. The molecule has 0 radical (unpaired) electrons. The van der Waals surface area contributed by atoms with Gasteiger partial charge in [-0.2, -0.15) is 0 Å². The number of aliphatic hydroxyl groups excluding tert-OH is 4. The summed E-state index contributed by atoms with van der Waals surface area (Å²) in [6.45, 7) is 1.38. The first-order chi connectivity index (χ1) is 14.8. The second-order valence-electron chi connectivity index (χ2n) is 7.68. The van der Waals surface area contributed by atoms with Crippen LogP contribution in [0.1, 0.15) is 27.6 Å². The molecule has 6 atom stereocenters. The van der Waals surface area contributed by atoms with Gasteiger partial charge in [-0.05, 0) is 41.3 Å². The van der Waals surface area contributed by atoms with Gasteiger partial charge < -0.3 is 35.2 Å². The van der Waals surface area contributed by atoms with Crippen molar-refractivity contribution in [2.75, 3.05) is 20.8 Å². The number of carbonyl (C=O) groups is 1. The molecule has 0 bridgehead atoms. The average Bonchev–Trinajstić information content (AvgIpc) is 2.79. The molecule has 1 aliphatic rings. The van der Waals surface area contributed by atoms with Gasteiger partial charge >= 0.3 is 0 Å². The largest absolute Gasteiger partial charge is 0.394 e. The van der Waals surface area contributed by atoms with Crippen LogP contribution in [0, 0.1) is 6.92 Å². The first-order valence-corrected chi connectivity index (χ1v) is 10.1. The van der Waals surface area contributed by atoms with E-state index in [1.807, 2.05) is 37.3 Å². The number of aliphatic hydroxyl groups is 4. The summed E-state index contributed by atoms with van der Waals surface area (Å²) in [6, 6.07) is 12.9. The first-order valence-electron chi connectivity index (χ1n) is 10.1. The molecule has 0 aromatic heterocycles. The van der Waals surface area contributed by atoms with Crippen LogP contribution in [0.15, 0.2) is 42.5 Å². The standard InChI is InChI=1S/C23H29NO7/c1-12-9-14(13-5-4-6-15(10-13)23(29)24-2)7-8-16(12)21(30-3)22-20(28)19(27)18(26)17(11-25)31-22/h4-10,17-22,25-28H,11H2,1-3H3,(H,24,29)/t17?,18-,19?,20?,21-,22+/m1/s1. The van der Waals surface area contributed by atoms with Crippen LogP contribution in [-0.4, -0.2) is 77.6 Å².